The lowest BCUT2D eigenvalue weighted by Gasteiger charge is -2.26. The van der Waals surface area contributed by atoms with Gasteiger partial charge in [-0.15, -0.1) is 0 Å². The molecule has 0 spiro atoms. The van der Waals surface area contributed by atoms with Crippen molar-refractivity contribution < 1.29 is 0 Å². The largest absolute Gasteiger partial charge is 0.310 e. The van der Waals surface area contributed by atoms with E-state index in [-0.39, 0.29) is 0 Å². The number of nitrogens with zero attached hydrogens (tertiary/aromatic N) is 2. The minimum atomic E-state index is 1.10. The molecule has 0 aliphatic rings. The summed E-state index contributed by atoms with van der Waals surface area (Å²) in [6.07, 6.45) is 4.51. The Balaban J connectivity index is 1.09. The molecule has 0 saturated heterocycles. The summed E-state index contributed by atoms with van der Waals surface area (Å²) < 4.78 is 2.45. The van der Waals surface area contributed by atoms with Gasteiger partial charge in [-0.25, -0.2) is 0 Å². The third-order valence-electron chi connectivity index (χ3n) is 10.7. The van der Waals surface area contributed by atoms with Crippen LogP contribution in [0, 0.1) is 0 Å². The van der Waals surface area contributed by atoms with E-state index in [4.69, 9.17) is 0 Å². The summed E-state index contributed by atoms with van der Waals surface area (Å²) in [5, 5.41) is 6.12. The highest BCUT2D eigenvalue weighted by Gasteiger charge is 2.22. The van der Waals surface area contributed by atoms with E-state index in [2.05, 4.69) is 240 Å². The van der Waals surface area contributed by atoms with Gasteiger partial charge in [-0.3, -0.25) is 0 Å². The van der Waals surface area contributed by atoms with Gasteiger partial charge in [-0.2, -0.15) is 0 Å². The number of benzene rings is 9. The van der Waals surface area contributed by atoms with Crippen LogP contribution in [-0.2, 0) is 0 Å². The second-order valence-electron chi connectivity index (χ2n) is 14.2. The monoisotopic (exact) mass is 714 g/mol. The maximum absolute atomic E-state index is 2.45. The highest BCUT2D eigenvalue weighted by atomic mass is 15.1. The Morgan fingerprint density at radius 2 is 0.893 bits per heavy atom. The number of anilines is 3. The topological polar surface area (TPSA) is 8.17 Å². The Morgan fingerprint density at radius 3 is 1.50 bits per heavy atom. The third kappa shape index (κ3) is 6.14. The lowest BCUT2D eigenvalue weighted by Crippen LogP contribution is -2.09. The van der Waals surface area contributed by atoms with E-state index in [1.54, 1.807) is 0 Å². The van der Waals surface area contributed by atoms with E-state index < -0.39 is 0 Å². The van der Waals surface area contributed by atoms with Crippen LogP contribution in [0.15, 0.2) is 218 Å². The maximum atomic E-state index is 2.45. The normalized spacial score (nSPS) is 11.5. The van der Waals surface area contributed by atoms with Crippen molar-refractivity contribution in [3.63, 3.8) is 0 Å². The molecule has 1 heterocycles. The lowest BCUT2D eigenvalue weighted by atomic mass is 9.97. The highest BCUT2D eigenvalue weighted by molar-refractivity contribution is 6.09. The molecule has 2 nitrogen and oxygen atoms in total. The summed E-state index contributed by atoms with van der Waals surface area (Å²) in [6.45, 7) is 0. The minimum Gasteiger partial charge on any atom is -0.310 e. The Hall–Kier alpha value is -7.42. The van der Waals surface area contributed by atoms with Crippen molar-refractivity contribution in [2.45, 2.75) is 0 Å². The molecule has 0 N–H and O–H groups in total. The molecule has 264 valence electrons. The van der Waals surface area contributed by atoms with Gasteiger partial charge < -0.3 is 9.47 Å². The van der Waals surface area contributed by atoms with Gasteiger partial charge in [0.25, 0.3) is 0 Å². The molecule has 56 heavy (non-hydrogen) atoms. The lowest BCUT2D eigenvalue weighted by molar-refractivity contribution is 1.13. The summed E-state index contributed by atoms with van der Waals surface area (Å²) in [5.41, 5.74) is 12.8. The molecule has 0 fully saturated rings. The molecule has 0 radical (unpaired) electrons. The second kappa shape index (κ2) is 14.4. The highest BCUT2D eigenvalue weighted by Crippen LogP contribution is 2.44. The van der Waals surface area contributed by atoms with E-state index in [9.17, 15) is 0 Å². The van der Waals surface area contributed by atoms with Crippen LogP contribution >= 0.6 is 0 Å². The van der Waals surface area contributed by atoms with E-state index >= 15 is 0 Å². The molecule has 2 heteroatoms. The zero-order chi connectivity index (χ0) is 37.3. The fourth-order valence-corrected chi connectivity index (χ4v) is 8.10. The first-order valence-electron chi connectivity index (χ1n) is 19.2. The van der Waals surface area contributed by atoms with Gasteiger partial charge in [0.15, 0.2) is 0 Å². The van der Waals surface area contributed by atoms with Crippen molar-refractivity contribution >= 4 is 61.7 Å². The molecule has 0 aliphatic heterocycles. The van der Waals surface area contributed by atoms with Crippen LogP contribution in [0.5, 0.6) is 0 Å². The van der Waals surface area contributed by atoms with Crippen molar-refractivity contribution in [2.75, 3.05) is 4.90 Å². The molecule has 1 aromatic heterocycles. The van der Waals surface area contributed by atoms with E-state index in [0.717, 1.165) is 33.9 Å². The molecule has 10 rings (SSSR count). The first kappa shape index (κ1) is 33.2. The molecule has 0 unspecified atom stereocenters. The molecule has 9 aromatic carbocycles. The second-order valence-corrected chi connectivity index (χ2v) is 14.2. The predicted octanol–water partition coefficient (Wildman–Crippen LogP) is 14.9. The summed E-state index contributed by atoms with van der Waals surface area (Å²) in [5.74, 6) is 0. The first-order chi connectivity index (χ1) is 27.8. The average molecular weight is 715 g/mol. The van der Waals surface area contributed by atoms with Crippen LogP contribution < -0.4 is 4.90 Å². The maximum Gasteiger partial charge on any atom is 0.0619 e. The van der Waals surface area contributed by atoms with E-state index in [1.165, 1.54) is 54.8 Å². The summed E-state index contributed by atoms with van der Waals surface area (Å²) in [7, 11) is 0. The molecule has 10 aromatic rings. The fourth-order valence-electron chi connectivity index (χ4n) is 8.10. The summed E-state index contributed by atoms with van der Waals surface area (Å²) in [4.78, 5) is 2.36. The fraction of sp³-hybridized carbons (Fsp3) is 0. The smallest absolute Gasteiger partial charge is 0.0619 e. The Morgan fingerprint density at radius 1 is 0.375 bits per heavy atom. The van der Waals surface area contributed by atoms with Crippen molar-refractivity contribution in [3.05, 3.63) is 230 Å². The summed E-state index contributed by atoms with van der Waals surface area (Å²) >= 11 is 0. The average Bonchev–Trinajstić information content (AvgIpc) is 3.63. The first-order valence-corrected chi connectivity index (χ1v) is 19.2. The molecule has 0 amide bonds. The molecular weight excluding hydrogens is 677 g/mol. The number of para-hydroxylation sites is 2. The van der Waals surface area contributed by atoms with Gasteiger partial charge in [0, 0.05) is 33.7 Å². The van der Waals surface area contributed by atoms with E-state index in [1.807, 2.05) is 0 Å². The quantitative estimate of drug-likeness (QED) is 0.142. The molecule has 0 aliphatic carbocycles. The Kier molecular flexibility index (Phi) is 8.55. The van der Waals surface area contributed by atoms with Gasteiger partial charge in [-0.1, -0.05) is 182 Å². The zero-order valence-corrected chi connectivity index (χ0v) is 30.8. The van der Waals surface area contributed by atoms with Crippen molar-refractivity contribution in [3.8, 4) is 28.1 Å². The molecule has 0 saturated carbocycles. The van der Waals surface area contributed by atoms with Crippen LogP contribution in [0.2, 0.25) is 0 Å². The molecular formula is C54H38N2. The van der Waals surface area contributed by atoms with Gasteiger partial charge in [0.05, 0.1) is 11.2 Å². The van der Waals surface area contributed by atoms with Crippen LogP contribution in [0.1, 0.15) is 11.1 Å². The van der Waals surface area contributed by atoms with Crippen LogP contribution in [-0.4, -0.2) is 4.57 Å². The van der Waals surface area contributed by atoms with Crippen molar-refractivity contribution in [1.82, 2.24) is 4.57 Å². The van der Waals surface area contributed by atoms with Gasteiger partial charge >= 0.3 is 0 Å². The third-order valence-corrected chi connectivity index (χ3v) is 10.7. The zero-order valence-electron chi connectivity index (χ0n) is 30.8. The predicted molar refractivity (Wildman–Crippen MR) is 239 cm³/mol. The van der Waals surface area contributed by atoms with Crippen LogP contribution in [0.25, 0.3) is 72.7 Å². The Bertz CT molecular complexity index is 2920. The number of hydrogen-bond donors (Lipinski definition) is 0. The standard InChI is InChI=1S/C54H38N2/c1-4-17-42(18-5-1)52-51-26-14-23-44(53(51)56(47-24-8-3-9-25-47)54(52)43-19-6-2-7-20-43)30-27-39-28-33-48(34-29-39)55(49-35-31-40-15-10-12-21-45(40)37-49)50-36-32-41-16-11-13-22-46(41)38-50/h1-38H. The molecule has 0 atom stereocenters. The molecule has 0 bridgehead atoms. The van der Waals surface area contributed by atoms with Gasteiger partial charge in [-0.05, 0) is 92.3 Å². The van der Waals surface area contributed by atoms with Crippen molar-refractivity contribution in [1.29, 1.82) is 0 Å². The summed E-state index contributed by atoms with van der Waals surface area (Å²) in [6, 6.07) is 78.5. The van der Waals surface area contributed by atoms with E-state index in [0.29, 0.717) is 0 Å². The number of aromatic nitrogens is 1. The Labute approximate surface area is 327 Å². The number of rotatable bonds is 8. The number of hydrogen-bond acceptors (Lipinski definition) is 1. The minimum absolute atomic E-state index is 1.10. The van der Waals surface area contributed by atoms with Gasteiger partial charge in [0.1, 0.15) is 0 Å². The van der Waals surface area contributed by atoms with Crippen LogP contribution in [0.4, 0.5) is 17.1 Å². The SMILES string of the molecule is C(=Cc1cccc2c(-c3ccccc3)c(-c3ccccc3)n(-c3ccccc3)c12)c1ccc(N(c2ccc3ccccc3c2)c2ccc3ccccc3c2)cc1. The van der Waals surface area contributed by atoms with Crippen LogP contribution in [0.3, 0.4) is 0 Å². The number of fused-ring (bicyclic) bond motifs is 3. The van der Waals surface area contributed by atoms with Crippen molar-refractivity contribution in [2.24, 2.45) is 0 Å². The van der Waals surface area contributed by atoms with Gasteiger partial charge in [0.2, 0.25) is 0 Å².